The molecule has 1 aromatic carbocycles. The number of benzene rings is 1. The maximum Gasteiger partial charge on any atom is 0.163 e. The zero-order chi connectivity index (χ0) is 15.2. The molecule has 2 unspecified atom stereocenters. The molecule has 0 saturated carbocycles. The normalized spacial score (nSPS) is 13.5. The van der Waals surface area contributed by atoms with Crippen LogP contribution in [0.4, 0.5) is 11.6 Å². The molecule has 0 amide bonds. The first-order valence-corrected chi connectivity index (χ1v) is 6.92. The summed E-state index contributed by atoms with van der Waals surface area (Å²) in [6.45, 7) is 4.09. The fourth-order valence-corrected chi connectivity index (χ4v) is 1.85. The summed E-state index contributed by atoms with van der Waals surface area (Å²) >= 11 is 0. The van der Waals surface area contributed by atoms with Crippen LogP contribution in [0.25, 0.3) is 11.4 Å². The van der Waals surface area contributed by atoms with Crippen LogP contribution >= 0.6 is 0 Å². The molecular formula is C15H21N5O. The quantitative estimate of drug-likeness (QED) is 0.478. The van der Waals surface area contributed by atoms with E-state index < -0.39 is 0 Å². The van der Waals surface area contributed by atoms with Crippen LogP contribution in [0, 0.1) is 5.92 Å². The van der Waals surface area contributed by atoms with Gasteiger partial charge in [0.2, 0.25) is 0 Å². The van der Waals surface area contributed by atoms with E-state index in [1.165, 1.54) is 0 Å². The number of nitrogen functional groups attached to an aromatic ring is 1. The Bertz CT molecular complexity index is 576. The molecule has 6 nitrogen and oxygen atoms in total. The van der Waals surface area contributed by atoms with Gasteiger partial charge in [-0.05, 0) is 12.8 Å². The largest absolute Gasteiger partial charge is 0.396 e. The van der Waals surface area contributed by atoms with Crippen molar-refractivity contribution in [3.05, 3.63) is 36.4 Å². The highest BCUT2D eigenvalue weighted by atomic mass is 16.3. The van der Waals surface area contributed by atoms with E-state index in [-0.39, 0.29) is 18.6 Å². The Morgan fingerprint density at radius 1 is 1.14 bits per heavy atom. The van der Waals surface area contributed by atoms with E-state index in [1.807, 2.05) is 44.2 Å². The van der Waals surface area contributed by atoms with Gasteiger partial charge in [-0.15, -0.1) is 0 Å². The number of hydrogen-bond acceptors (Lipinski definition) is 6. The Labute approximate surface area is 124 Å². The van der Waals surface area contributed by atoms with E-state index in [1.54, 1.807) is 6.07 Å². The molecule has 112 valence electrons. The Balaban J connectivity index is 2.30. The van der Waals surface area contributed by atoms with Crippen molar-refractivity contribution in [2.75, 3.05) is 17.3 Å². The number of aliphatic hydroxyl groups excluding tert-OH is 1. The average molecular weight is 287 g/mol. The molecule has 2 rings (SSSR count). The highest BCUT2D eigenvalue weighted by Gasteiger charge is 2.13. The van der Waals surface area contributed by atoms with Crippen molar-refractivity contribution in [2.45, 2.75) is 19.9 Å². The standard InChI is InChI=1S/C15H21N5O/c1-10(9-21)11(2)17-13-8-14(20-16)19-15(18-13)12-6-4-3-5-7-12/h3-8,10-11,21H,9,16H2,1-2H3,(H2,17,18,19,20). The number of anilines is 2. The molecule has 0 aliphatic rings. The molecule has 0 fully saturated rings. The number of aromatic nitrogens is 2. The first-order chi connectivity index (χ1) is 10.1. The maximum absolute atomic E-state index is 9.21. The van der Waals surface area contributed by atoms with Crippen LogP contribution in [0.1, 0.15) is 13.8 Å². The first kappa shape index (κ1) is 15.2. The summed E-state index contributed by atoms with van der Waals surface area (Å²) in [6, 6.07) is 11.5. The lowest BCUT2D eigenvalue weighted by Crippen LogP contribution is -2.27. The van der Waals surface area contributed by atoms with Crippen molar-refractivity contribution in [3.8, 4) is 11.4 Å². The molecule has 0 spiro atoms. The van der Waals surface area contributed by atoms with Gasteiger partial charge in [-0.1, -0.05) is 37.3 Å². The number of nitrogens with zero attached hydrogens (tertiary/aromatic N) is 2. The Kier molecular flexibility index (Phi) is 5.08. The van der Waals surface area contributed by atoms with E-state index in [0.29, 0.717) is 17.5 Å². The number of hydrogen-bond donors (Lipinski definition) is 4. The van der Waals surface area contributed by atoms with Gasteiger partial charge in [-0.3, -0.25) is 0 Å². The van der Waals surface area contributed by atoms with E-state index in [0.717, 1.165) is 5.56 Å². The van der Waals surface area contributed by atoms with Gasteiger partial charge < -0.3 is 15.8 Å². The van der Waals surface area contributed by atoms with E-state index >= 15 is 0 Å². The second kappa shape index (κ2) is 7.01. The highest BCUT2D eigenvalue weighted by Crippen LogP contribution is 2.20. The molecule has 21 heavy (non-hydrogen) atoms. The third kappa shape index (κ3) is 3.90. The highest BCUT2D eigenvalue weighted by molar-refractivity contribution is 5.61. The minimum atomic E-state index is 0.0825. The zero-order valence-electron chi connectivity index (χ0n) is 12.2. The SMILES string of the molecule is CC(CO)C(C)Nc1cc(NN)nc(-c2ccccc2)n1. The summed E-state index contributed by atoms with van der Waals surface area (Å²) in [5.41, 5.74) is 3.47. The molecule has 1 aromatic heterocycles. The number of nitrogens with two attached hydrogens (primary N) is 1. The minimum Gasteiger partial charge on any atom is -0.396 e. The van der Waals surface area contributed by atoms with Crippen LogP contribution in [0.5, 0.6) is 0 Å². The number of hydrazine groups is 1. The van der Waals surface area contributed by atoms with Crippen molar-refractivity contribution in [3.63, 3.8) is 0 Å². The fraction of sp³-hybridized carbons (Fsp3) is 0.333. The summed E-state index contributed by atoms with van der Waals surface area (Å²) in [7, 11) is 0. The van der Waals surface area contributed by atoms with Gasteiger partial charge in [-0.2, -0.15) is 0 Å². The first-order valence-electron chi connectivity index (χ1n) is 6.92. The van der Waals surface area contributed by atoms with E-state index in [2.05, 4.69) is 20.7 Å². The zero-order valence-corrected chi connectivity index (χ0v) is 12.2. The Morgan fingerprint density at radius 2 is 1.81 bits per heavy atom. The lowest BCUT2D eigenvalue weighted by Gasteiger charge is -2.20. The van der Waals surface area contributed by atoms with Crippen molar-refractivity contribution >= 4 is 11.6 Å². The lowest BCUT2D eigenvalue weighted by atomic mass is 10.1. The monoisotopic (exact) mass is 287 g/mol. The molecule has 0 aliphatic carbocycles. The van der Waals surface area contributed by atoms with Crippen LogP contribution in [-0.2, 0) is 0 Å². The van der Waals surface area contributed by atoms with Crippen LogP contribution in [0.15, 0.2) is 36.4 Å². The second-order valence-corrected chi connectivity index (χ2v) is 5.07. The summed E-state index contributed by atoms with van der Waals surface area (Å²) in [4.78, 5) is 8.87. The van der Waals surface area contributed by atoms with Crippen molar-refractivity contribution < 1.29 is 5.11 Å². The topological polar surface area (TPSA) is 96.1 Å². The van der Waals surface area contributed by atoms with Crippen molar-refractivity contribution in [1.82, 2.24) is 9.97 Å². The third-order valence-electron chi connectivity index (χ3n) is 3.42. The number of rotatable bonds is 6. The molecule has 5 N–H and O–H groups in total. The number of aliphatic hydroxyl groups is 1. The molecule has 2 aromatic rings. The molecule has 1 heterocycles. The van der Waals surface area contributed by atoms with Crippen molar-refractivity contribution in [1.29, 1.82) is 0 Å². The molecule has 0 bridgehead atoms. The molecule has 0 aliphatic heterocycles. The lowest BCUT2D eigenvalue weighted by molar-refractivity contribution is 0.226. The van der Waals surface area contributed by atoms with Crippen LogP contribution in [0.2, 0.25) is 0 Å². The van der Waals surface area contributed by atoms with Crippen molar-refractivity contribution in [2.24, 2.45) is 11.8 Å². The maximum atomic E-state index is 9.21. The smallest absolute Gasteiger partial charge is 0.163 e. The summed E-state index contributed by atoms with van der Waals surface area (Å²) in [5, 5.41) is 12.5. The minimum absolute atomic E-state index is 0.0825. The van der Waals surface area contributed by atoms with Crippen LogP contribution in [-0.4, -0.2) is 27.7 Å². The average Bonchev–Trinajstić information content (AvgIpc) is 2.54. The van der Waals surface area contributed by atoms with Gasteiger partial charge in [0.1, 0.15) is 11.6 Å². The van der Waals surface area contributed by atoms with Gasteiger partial charge >= 0.3 is 0 Å². The van der Waals surface area contributed by atoms with E-state index in [9.17, 15) is 5.11 Å². The van der Waals surface area contributed by atoms with Gasteiger partial charge in [0.05, 0.1) is 0 Å². The van der Waals surface area contributed by atoms with Crippen LogP contribution in [0.3, 0.4) is 0 Å². The summed E-state index contributed by atoms with van der Waals surface area (Å²) in [6.07, 6.45) is 0. The van der Waals surface area contributed by atoms with E-state index in [4.69, 9.17) is 5.84 Å². The Hall–Kier alpha value is -2.18. The summed E-state index contributed by atoms with van der Waals surface area (Å²) < 4.78 is 0. The summed E-state index contributed by atoms with van der Waals surface area (Å²) in [5.74, 6) is 7.40. The predicted molar refractivity (Wildman–Crippen MR) is 84.6 cm³/mol. The Morgan fingerprint density at radius 3 is 2.43 bits per heavy atom. The van der Waals surface area contributed by atoms with Crippen LogP contribution < -0.4 is 16.6 Å². The molecule has 6 heteroatoms. The van der Waals surface area contributed by atoms with Gasteiger partial charge in [0, 0.05) is 24.3 Å². The molecule has 0 radical (unpaired) electrons. The van der Waals surface area contributed by atoms with Gasteiger partial charge in [0.15, 0.2) is 5.82 Å². The van der Waals surface area contributed by atoms with Gasteiger partial charge in [0.25, 0.3) is 0 Å². The predicted octanol–water partition coefficient (Wildman–Crippen LogP) is 1.86. The molecule has 2 atom stereocenters. The fourth-order valence-electron chi connectivity index (χ4n) is 1.85. The molecule has 0 saturated heterocycles. The second-order valence-electron chi connectivity index (χ2n) is 5.07. The number of nitrogens with one attached hydrogen (secondary N) is 2. The molecular weight excluding hydrogens is 266 g/mol. The third-order valence-corrected chi connectivity index (χ3v) is 3.42. The van der Waals surface area contributed by atoms with Gasteiger partial charge in [-0.25, -0.2) is 15.8 Å².